The number of nitrogens with two attached hydrogens (primary N) is 1. The quantitative estimate of drug-likeness (QED) is 0.665. The van der Waals surface area contributed by atoms with Crippen LogP contribution in [0.1, 0.15) is 58.8 Å². The van der Waals surface area contributed by atoms with E-state index in [-0.39, 0.29) is 12.3 Å². The third-order valence-electron chi connectivity index (χ3n) is 4.26. The van der Waals surface area contributed by atoms with Crippen LogP contribution in [0.2, 0.25) is 0 Å². The van der Waals surface area contributed by atoms with E-state index in [1.165, 1.54) is 0 Å². The Morgan fingerprint density at radius 3 is 2.75 bits per heavy atom. The SMILES string of the molecule is CC(CCNC(=O)C1(N)CCCC(C)C1)CCC(=O)O. The van der Waals surface area contributed by atoms with Gasteiger partial charge in [0, 0.05) is 13.0 Å². The first-order valence-corrected chi connectivity index (χ1v) is 7.62. The molecule has 1 rings (SSSR count). The lowest BCUT2D eigenvalue weighted by molar-refractivity contribution is -0.137. The first-order valence-electron chi connectivity index (χ1n) is 7.62. The third kappa shape index (κ3) is 5.49. The van der Waals surface area contributed by atoms with Gasteiger partial charge in [-0.1, -0.05) is 26.7 Å². The van der Waals surface area contributed by atoms with Crippen molar-refractivity contribution < 1.29 is 14.7 Å². The van der Waals surface area contributed by atoms with E-state index in [4.69, 9.17) is 10.8 Å². The molecule has 116 valence electrons. The summed E-state index contributed by atoms with van der Waals surface area (Å²) in [4.78, 5) is 22.7. The number of carboxylic acids is 1. The van der Waals surface area contributed by atoms with Gasteiger partial charge in [-0.15, -0.1) is 0 Å². The summed E-state index contributed by atoms with van der Waals surface area (Å²) in [5.74, 6) is -0.00753. The Hall–Kier alpha value is -1.10. The minimum absolute atomic E-state index is 0.0468. The second kappa shape index (κ2) is 7.62. The lowest BCUT2D eigenvalue weighted by Gasteiger charge is -2.35. The maximum Gasteiger partial charge on any atom is 0.303 e. The third-order valence-corrected chi connectivity index (χ3v) is 4.26. The van der Waals surface area contributed by atoms with Gasteiger partial charge in [0.1, 0.15) is 0 Å². The number of hydrogen-bond donors (Lipinski definition) is 3. The molecule has 1 fully saturated rings. The molecule has 0 spiro atoms. The standard InChI is InChI=1S/C15H28N2O3/c1-11(5-6-13(18)19)7-9-17-14(20)15(16)8-3-4-12(2)10-15/h11-12H,3-10,16H2,1-2H3,(H,17,20)(H,18,19). The van der Waals surface area contributed by atoms with Crippen molar-refractivity contribution >= 4 is 11.9 Å². The summed E-state index contributed by atoms with van der Waals surface area (Å²) in [6.45, 7) is 4.73. The molecule has 5 nitrogen and oxygen atoms in total. The molecule has 3 unspecified atom stereocenters. The molecule has 0 aromatic heterocycles. The van der Waals surface area contributed by atoms with Crippen LogP contribution < -0.4 is 11.1 Å². The van der Waals surface area contributed by atoms with E-state index in [1.807, 2.05) is 6.92 Å². The second-order valence-electron chi connectivity index (χ2n) is 6.44. The van der Waals surface area contributed by atoms with Gasteiger partial charge < -0.3 is 16.2 Å². The summed E-state index contributed by atoms with van der Waals surface area (Å²) in [6.07, 6.45) is 5.32. The van der Waals surface area contributed by atoms with E-state index in [1.54, 1.807) is 0 Å². The van der Waals surface area contributed by atoms with E-state index in [0.29, 0.717) is 24.8 Å². The van der Waals surface area contributed by atoms with Gasteiger partial charge in [-0.2, -0.15) is 0 Å². The van der Waals surface area contributed by atoms with Gasteiger partial charge in [0.05, 0.1) is 5.54 Å². The minimum Gasteiger partial charge on any atom is -0.481 e. The first kappa shape index (κ1) is 17.0. The highest BCUT2D eigenvalue weighted by Gasteiger charge is 2.37. The van der Waals surface area contributed by atoms with Crippen molar-refractivity contribution in [1.29, 1.82) is 0 Å². The van der Waals surface area contributed by atoms with Gasteiger partial charge in [-0.3, -0.25) is 9.59 Å². The maximum absolute atomic E-state index is 12.2. The fourth-order valence-electron chi connectivity index (χ4n) is 2.92. The molecule has 1 aliphatic carbocycles. The molecule has 0 aliphatic heterocycles. The average Bonchev–Trinajstić information content (AvgIpc) is 2.36. The topological polar surface area (TPSA) is 92.4 Å². The predicted molar refractivity (Wildman–Crippen MR) is 78.2 cm³/mol. The van der Waals surface area contributed by atoms with E-state index in [9.17, 15) is 9.59 Å². The zero-order valence-electron chi connectivity index (χ0n) is 12.7. The van der Waals surface area contributed by atoms with Gasteiger partial charge in [0.15, 0.2) is 0 Å². The molecule has 1 aliphatic rings. The van der Waals surface area contributed by atoms with Crippen LogP contribution in [-0.4, -0.2) is 29.1 Å². The molecule has 0 saturated heterocycles. The summed E-state index contributed by atoms with van der Waals surface area (Å²) < 4.78 is 0. The van der Waals surface area contributed by atoms with Crippen LogP contribution in [0.4, 0.5) is 0 Å². The molecular formula is C15H28N2O3. The largest absolute Gasteiger partial charge is 0.481 e. The fourth-order valence-corrected chi connectivity index (χ4v) is 2.92. The Morgan fingerprint density at radius 2 is 2.15 bits per heavy atom. The van der Waals surface area contributed by atoms with Crippen LogP contribution in [0, 0.1) is 11.8 Å². The van der Waals surface area contributed by atoms with Crippen molar-refractivity contribution in [2.24, 2.45) is 17.6 Å². The lowest BCUT2D eigenvalue weighted by Crippen LogP contribution is -2.56. The van der Waals surface area contributed by atoms with Crippen LogP contribution in [0.5, 0.6) is 0 Å². The van der Waals surface area contributed by atoms with Crippen LogP contribution in [-0.2, 0) is 9.59 Å². The van der Waals surface area contributed by atoms with Crippen LogP contribution in [0.15, 0.2) is 0 Å². The summed E-state index contributed by atoms with van der Waals surface area (Å²) in [5, 5.41) is 11.5. The molecule has 0 bridgehead atoms. The molecule has 5 heteroatoms. The predicted octanol–water partition coefficient (Wildman–Crippen LogP) is 1.90. The fraction of sp³-hybridized carbons (Fsp3) is 0.867. The molecule has 1 amide bonds. The number of carboxylic acid groups (broad SMARTS) is 1. The summed E-state index contributed by atoms with van der Waals surface area (Å²) in [5.41, 5.74) is 5.51. The van der Waals surface area contributed by atoms with Crippen molar-refractivity contribution in [2.45, 2.75) is 64.3 Å². The Bertz CT molecular complexity index is 346. The van der Waals surface area contributed by atoms with Gasteiger partial charge in [-0.25, -0.2) is 0 Å². The Labute approximate surface area is 121 Å². The molecule has 4 N–H and O–H groups in total. The highest BCUT2D eigenvalue weighted by Crippen LogP contribution is 2.30. The maximum atomic E-state index is 12.2. The van der Waals surface area contributed by atoms with Gasteiger partial charge in [0.25, 0.3) is 0 Å². The van der Waals surface area contributed by atoms with E-state index in [0.717, 1.165) is 32.1 Å². The summed E-state index contributed by atoms with van der Waals surface area (Å²) in [7, 11) is 0. The van der Waals surface area contributed by atoms with Gasteiger partial charge >= 0.3 is 5.97 Å². The number of rotatable bonds is 7. The van der Waals surface area contributed by atoms with Crippen molar-refractivity contribution in [1.82, 2.24) is 5.32 Å². The second-order valence-corrected chi connectivity index (χ2v) is 6.44. The molecule has 0 radical (unpaired) electrons. The van der Waals surface area contributed by atoms with Crippen LogP contribution in [0.25, 0.3) is 0 Å². The van der Waals surface area contributed by atoms with Gasteiger partial charge in [0.2, 0.25) is 5.91 Å². The van der Waals surface area contributed by atoms with Gasteiger partial charge in [-0.05, 0) is 37.5 Å². The number of aliphatic carboxylic acids is 1. The minimum atomic E-state index is -0.766. The Morgan fingerprint density at radius 1 is 1.45 bits per heavy atom. The highest BCUT2D eigenvalue weighted by atomic mass is 16.4. The van der Waals surface area contributed by atoms with Crippen LogP contribution in [0.3, 0.4) is 0 Å². The van der Waals surface area contributed by atoms with E-state index in [2.05, 4.69) is 12.2 Å². The number of nitrogens with one attached hydrogen (secondary N) is 1. The first-order chi connectivity index (χ1) is 9.33. The zero-order valence-corrected chi connectivity index (χ0v) is 12.7. The average molecular weight is 284 g/mol. The van der Waals surface area contributed by atoms with Crippen molar-refractivity contribution in [2.75, 3.05) is 6.54 Å². The van der Waals surface area contributed by atoms with Crippen molar-refractivity contribution in [3.63, 3.8) is 0 Å². The molecule has 20 heavy (non-hydrogen) atoms. The number of amides is 1. The lowest BCUT2D eigenvalue weighted by atomic mass is 9.76. The molecule has 0 aromatic rings. The molecule has 0 heterocycles. The number of carbonyl (C=O) groups excluding carboxylic acids is 1. The summed E-state index contributed by atoms with van der Waals surface area (Å²) >= 11 is 0. The molecular weight excluding hydrogens is 256 g/mol. The number of carbonyl (C=O) groups is 2. The molecule has 3 atom stereocenters. The van der Waals surface area contributed by atoms with Crippen molar-refractivity contribution in [3.05, 3.63) is 0 Å². The monoisotopic (exact) mass is 284 g/mol. The highest BCUT2D eigenvalue weighted by molar-refractivity contribution is 5.86. The molecule has 0 aromatic carbocycles. The number of hydrogen-bond acceptors (Lipinski definition) is 3. The zero-order chi connectivity index (χ0) is 15.2. The van der Waals surface area contributed by atoms with Crippen LogP contribution >= 0.6 is 0 Å². The Kier molecular flexibility index (Phi) is 6.46. The van der Waals surface area contributed by atoms with Crippen molar-refractivity contribution in [3.8, 4) is 0 Å². The van der Waals surface area contributed by atoms with E-state index >= 15 is 0 Å². The smallest absolute Gasteiger partial charge is 0.303 e. The van der Waals surface area contributed by atoms with E-state index < -0.39 is 11.5 Å². The summed E-state index contributed by atoms with van der Waals surface area (Å²) in [6, 6.07) is 0. The Balaban J connectivity index is 2.27. The normalized spacial score (nSPS) is 27.9. The molecule has 1 saturated carbocycles.